The third-order valence-corrected chi connectivity index (χ3v) is 6.90. The van der Waals surface area contributed by atoms with Crippen molar-refractivity contribution in [1.29, 1.82) is 0 Å². The standard InChI is InChI=1S/C30H27BrN2O5/c1-32(2)14-7-15-33-27(19-8-6-11-23(17-19)37-22-9-4-3-5-10-22)26(29(35)30(33)36)28(34)25-18-20-16-21(31)12-13-24(20)38-25/h3-6,8-13,16-18,27,35H,7,14-15H2,1-2H3. The van der Waals surface area contributed by atoms with Crippen LogP contribution in [0.15, 0.2) is 99.1 Å². The lowest BCUT2D eigenvalue weighted by Crippen LogP contribution is -2.33. The highest BCUT2D eigenvalue weighted by atomic mass is 79.9. The summed E-state index contributed by atoms with van der Waals surface area (Å²) in [6.45, 7) is 1.11. The highest BCUT2D eigenvalue weighted by Gasteiger charge is 2.44. The molecule has 0 fully saturated rings. The van der Waals surface area contributed by atoms with E-state index in [9.17, 15) is 14.7 Å². The number of Topliss-reactive ketones (excluding diaryl/α,β-unsaturated/α-hetero) is 1. The molecule has 3 aromatic carbocycles. The molecule has 2 heterocycles. The quantitative estimate of drug-likeness (QED) is 0.229. The number of rotatable bonds is 9. The number of carbonyl (C=O) groups is 2. The van der Waals surface area contributed by atoms with E-state index >= 15 is 0 Å². The van der Waals surface area contributed by atoms with Gasteiger partial charge in [-0.1, -0.05) is 46.3 Å². The number of nitrogens with zero attached hydrogens (tertiary/aromatic N) is 2. The van der Waals surface area contributed by atoms with Crippen molar-refractivity contribution >= 4 is 38.6 Å². The second-order valence-electron chi connectivity index (χ2n) is 9.43. The van der Waals surface area contributed by atoms with Crippen molar-refractivity contribution in [2.75, 3.05) is 27.2 Å². The maximum atomic E-state index is 13.8. The molecule has 0 spiro atoms. The van der Waals surface area contributed by atoms with Crippen molar-refractivity contribution in [3.8, 4) is 11.5 Å². The number of para-hydroxylation sites is 1. The molecule has 1 unspecified atom stereocenters. The molecule has 7 nitrogen and oxygen atoms in total. The van der Waals surface area contributed by atoms with Gasteiger partial charge in [0.1, 0.15) is 17.1 Å². The first-order valence-corrected chi connectivity index (χ1v) is 13.1. The van der Waals surface area contributed by atoms with Crippen LogP contribution in [0.2, 0.25) is 0 Å². The SMILES string of the molecule is CN(C)CCCN1C(=O)C(O)=C(C(=O)c2cc3cc(Br)ccc3o2)C1c1cccc(Oc2ccccc2)c1. The number of carbonyl (C=O) groups excluding carboxylic acids is 2. The van der Waals surface area contributed by atoms with E-state index in [0.717, 1.165) is 16.4 Å². The van der Waals surface area contributed by atoms with Gasteiger partial charge in [0.05, 0.1) is 11.6 Å². The average Bonchev–Trinajstić information content (AvgIpc) is 3.43. The van der Waals surface area contributed by atoms with E-state index in [1.807, 2.05) is 79.7 Å². The van der Waals surface area contributed by atoms with Crippen LogP contribution in [0.1, 0.15) is 28.6 Å². The molecule has 0 aliphatic carbocycles. The van der Waals surface area contributed by atoms with E-state index in [1.165, 1.54) is 0 Å². The molecule has 0 bridgehead atoms. The Kier molecular flexibility index (Phi) is 7.35. The van der Waals surface area contributed by atoms with Crippen LogP contribution in [0, 0.1) is 0 Å². The first-order valence-electron chi connectivity index (χ1n) is 12.3. The molecule has 1 aliphatic heterocycles. The molecule has 8 heteroatoms. The van der Waals surface area contributed by atoms with E-state index in [4.69, 9.17) is 9.15 Å². The fourth-order valence-electron chi connectivity index (χ4n) is 4.65. The van der Waals surface area contributed by atoms with Crippen molar-refractivity contribution in [2.45, 2.75) is 12.5 Å². The molecule has 194 valence electrons. The van der Waals surface area contributed by atoms with E-state index < -0.39 is 23.5 Å². The number of halogens is 1. The number of ether oxygens (including phenoxy) is 1. The topological polar surface area (TPSA) is 83.2 Å². The zero-order valence-corrected chi connectivity index (χ0v) is 22.6. The maximum Gasteiger partial charge on any atom is 0.290 e. The number of benzene rings is 3. The minimum Gasteiger partial charge on any atom is -0.503 e. The average molecular weight is 575 g/mol. The van der Waals surface area contributed by atoms with Gasteiger partial charge < -0.3 is 24.1 Å². The number of aliphatic hydroxyl groups excluding tert-OH is 1. The molecule has 0 saturated carbocycles. The fraction of sp³-hybridized carbons (Fsp3) is 0.200. The number of fused-ring (bicyclic) bond motifs is 1. The monoisotopic (exact) mass is 574 g/mol. The predicted octanol–water partition coefficient (Wildman–Crippen LogP) is 6.52. The molecule has 1 N–H and O–H groups in total. The molecular formula is C30H27BrN2O5. The van der Waals surface area contributed by atoms with Gasteiger partial charge in [0.2, 0.25) is 5.78 Å². The number of furan rings is 1. The van der Waals surface area contributed by atoms with Gasteiger partial charge in [-0.25, -0.2) is 0 Å². The Labute approximate surface area is 229 Å². The largest absolute Gasteiger partial charge is 0.503 e. The van der Waals surface area contributed by atoms with Crippen LogP contribution in [-0.4, -0.2) is 53.8 Å². The Bertz CT molecular complexity index is 1530. The molecule has 0 radical (unpaired) electrons. The summed E-state index contributed by atoms with van der Waals surface area (Å²) < 4.78 is 12.7. The fourth-order valence-corrected chi connectivity index (χ4v) is 5.03. The Morgan fingerprint density at radius 3 is 2.55 bits per heavy atom. The zero-order chi connectivity index (χ0) is 26.8. The van der Waals surface area contributed by atoms with Crippen LogP contribution in [0.5, 0.6) is 11.5 Å². The highest BCUT2D eigenvalue weighted by Crippen LogP contribution is 2.41. The maximum absolute atomic E-state index is 13.8. The number of amides is 1. The second-order valence-corrected chi connectivity index (χ2v) is 10.3. The van der Waals surface area contributed by atoms with E-state index in [-0.39, 0.29) is 11.3 Å². The minimum absolute atomic E-state index is 0.00478. The third kappa shape index (κ3) is 5.23. The summed E-state index contributed by atoms with van der Waals surface area (Å²) in [5.74, 6) is -0.382. The summed E-state index contributed by atoms with van der Waals surface area (Å²) >= 11 is 3.43. The summed E-state index contributed by atoms with van der Waals surface area (Å²) in [5, 5.41) is 11.7. The highest BCUT2D eigenvalue weighted by molar-refractivity contribution is 9.10. The van der Waals surface area contributed by atoms with Gasteiger partial charge in [0.15, 0.2) is 11.5 Å². The first kappa shape index (κ1) is 25.8. The van der Waals surface area contributed by atoms with Crippen molar-refractivity contribution in [2.24, 2.45) is 0 Å². The Morgan fingerprint density at radius 2 is 1.79 bits per heavy atom. The predicted molar refractivity (Wildman–Crippen MR) is 148 cm³/mol. The van der Waals surface area contributed by atoms with Gasteiger partial charge in [0, 0.05) is 16.4 Å². The Hall–Kier alpha value is -3.88. The van der Waals surface area contributed by atoms with E-state index in [0.29, 0.717) is 35.6 Å². The number of hydrogen-bond acceptors (Lipinski definition) is 6. The molecule has 1 aliphatic rings. The Balaban J connectivity index is 1.54. The Morgan fingerprint density at radius 1 is 1.03 bits per heavy atom. The third-order valence-electron chi connectivity index (χ3n) is 6.41. The molecule has 1 amide bonds. The van der Waals surface area contributed by atoms with E-state index in [1.54, 1.807) is 23.1 Å². The molecule has 5 rings (SSSR count). The lowest BCUT2D eigenvalue weighted by molar-refractivity contribution is -0.129. The molecule has 0 saturated heterocycles. The van der Waals surface area contributed by atoms with Crippen molar-refractivity contribution in [3.05, 3.63) is 106 Å². The van der Waals surface area contributed by atoms with Crippen LogP contribution in [0.3, 0.4) is 0 Å². The van der Waals surface area contributed by atoms with Crippen LogP contribution in [0.4, 0.5) is 0 Å². The number of aliphatic hydroxyl groups is 1. The number of ketones is 1. The van der Waals surface area contributed by atoms with Crippen LogP contribution < -0.4 is 4.74 Å². The molecule has 1 atom stereocenters. The zero-order valence-electron chi connectivity index (χ0n) is 21.1. The van der Waals surface area contributed by atoms with Gasteiger partial charge in [-0.3, -0.25) is 9.59 Å². The molecule has 1 aromatic heterocycles. The van der Waals surface area contributed by atoms with Gasteiger partial charge in [-0.15, -0.1) is 0 Å². The minimum atomic E-state index is -0.795. The first-order chi connectivity index (χ1) is 18.3. The van der Waals surface area contributed by atoms with Crippen LogP contribution in [-0.2, 0) is 4.79 Å². The molecule has 38 heavy (non-hydrogen) atoms. The van der Waals surface area contributed by atoms with Gasteiger partial charge in [-0.05, 0) is 81.2 Å². The van der Waals surface area contributed by atoms with Crippen molar-refractivity contribution < 1.29 is 23.8 Å². The lowest BCUT2D eigenvalue weighted by Gasteiger charge is -2.27. The van der Waals surface area contributed by atoms with E-state index in [2.05, 4.69) is 15.9 Å². The van der Waals surface area contributed by atoms with Crippen molar-refractivity contribution in [3.63, 3.8) is 0 Å². The number of hydrogen-bond donors (Lipinski definition) is 1. The van der Waals surface area contributed by atoms with Gasteiger partial charge in [0.25, 0.3) is 5.91 Å². The van der Waals surface area contributed by atoms with Crippen LogP contribution in [0.25, 0.3) is 11.0 Å². The summed E-state index contributed by atoms with van der Waals surface area (Å²) in [5.41, 5.74) is 1.19. The van der Waals surface area contributed by atoms with Crippen molar-refractivity contribution in [1.82, 2.24) is 9.80 Å². The smallest absolute Gasteiger partial charge is 0.290 e. The molecular weight excluding hydrogens is 548 g/mol. The van der Waals surface area contributed by atoms with Crippen LogP contribution >= 0.6 is 15.9 Å². The summed E-state index contributed by atoms with van der Waals surface area (Å²) in [4.78, 5) is 30.7. The summed E-state index contributed by atoms with van der Waals surface area (Å²) in [6.07, 6.45) is 0.670. The molecule has 4 aromatic rings. The summed E-state index contributed by atoms with van der Waals surface area (Å²) in [7, 11) is 3.91. The van der Waals surface area contributed by atoms with Gasteiger partial charge >= 0.3 is 0 Å². The van der Waals surface area contributed by atoms with Gasteiger partial charge in [-0.2, -0.15) is 0 Å². The normalized spacial score (nSPS) is 15.6. The summed E-state index contributed by atoms with van der Waals surface area (Å²) in [6, 6.07) is 22.9. The second kappa shape index (κ2) is 10.8. The lowest BCUT2D eigenvalue weighted by atomic mass is 9.94.